The van der Waals surface area contributed by atoms with Gasteiger partial charge in [-0.25, -0.2) is 0 Å². The van der Waals surface area contributed by atoms with Crippen LogP contribution in [-0.2, 0) is 17.6 Å². The second-order valence-electron chi connectivity index (χ2n) is 7.18. The van der Waals surface area contributed by atoms with Gasteiger partial charge in [0, 0.05) is 30.2 Å². The molecule has 0 radical (unpaired) electrons. The molecule has 1 aromatic carbocycles. The van der Waals surface area contributed by atoms with Crippen LogP contribution >= 0.6 is 11.3 Å². The largest absolute Gasteiger partial charge is 0.361 e. The van der Waals surface area contributed by atoms with Crippen molar-refractivity contribution in [3.63, 3.8) is 0 Å². The molecule has 1 aliphatic rings. The first kappa shape index (κ1) is 18.7. The van der Waals surface area contributed by atoms with Gasteiger partial charge in [0.25, 0.3) is 5.91 Å². The van der Waals surface area contributed by atoms with Crippen molar-refractivity contribution in [2.75, 3.05) is 13.1 Å². The summed E-state index contributed by atoms with van der Waals surface area (Å²) in [5.41, 5.74) is 3.71. The minimum atomic E-state index is -0.357. The van der Waals surface area contributed by atoms with E-state index in [1.165, 1.54) is 33.4 Å². The first-order valence-corrected chi connectivity index (χ1v) is 10.8. The molecule has 1 saturated heterocycles. The summed E-state index contributed by atoms with van der Waals surface area (Å²) in [5.74, 6) is -0.0760. The van der Waals surface area contributed by atoms with Gasteiger partial charge in [0.2, 0.25) is 5.91 Å². The SMILES string of the molecule is CCc1cccc2c(CCNC(=O)[C@@H]3CCCN3C(=O)c3cccs3)c[nH]c12. The first-order chi connectivity index (χ1) is 13.7. The number of aryl methyl sites for hydroxylation is 1. The minimum absolute atomic E-state index is 0.0311. The topological polar surface area (TPSA) is 65.2 Å². The van der Waals surface area contributed by atoms with Crippen LogP contribution in [0.15, 0.2) is 41.9 Å². The second kappa shape index (κ2) is 8.19. The second-order valence-corrected chi connectivity index (χ2v) is 8.13. The maximum Gasteiger partial charge on any atom is 0.264 e. The smallest absolute Gasteiger partial charge is 0.264 e. The molecule has 3 aromatic rings. The number of rotatable bonds is 6. The van der Waals surface area contributed by atoms with E-state index >= 15 is 0 Å². The van der Waals surface area contributed by atoms with Crippen LogP contribution in [0.3, 0.4) is 0 Å². The molecule has 2 N–H and O–H groups in total. The predicted octanol–water partition coefficient (Wildman–Crippen LogP) is 3.76. The zero-order valence-corrected chi connectivity index (χ0v) is 16.8. The Hall–Kier alpha value is -2.60. The van der Waals surface area contributed by atoms with E-state index in [0.29, 0.717) is 18.0 Å². The van der Waals surface area contributed by atoms with Gasteiger partial charge >= 0.3 is 0 Å². The van der Waals surface area contributed by atoms with Crippen molar-refractivity contribution in [1.82, 2.24) is 15.2 Å². The number of nitrogens with zero attached hydrogens (tertiary/aromatic N) is 1. The summed E-state index contributed by atoms with van der Waals surface area (Å²) in [4.78, 5) is 31.2. The Labute approximate surface area is 168 Å². The quantitative estimate of drug-likeness (QED) is 0.667. The molecule has 146 valence electrons. The number of carbonyl (C=O) groups is 2. The van der Waals surface area contributed by atoms with Crippen LogP contribution < -0.4 is 5.32 Å². The number of likely N-dealkylation sites (tertiary alicyclic amines) is 1. The lowest BCUT2D eigenvalue weighted by Gasteiger charge is -2.23. The lowest BCUT2D eigenvalue weighted by molar-refractivity contribution is -0.124. The molecule has 0 bridgehead atoms. The van der Waals surface area contributed by atoms with Crippen LogP contribution in [0.25, 0.3) is 10.9 Å². The summed E-state index contributed by atoms with van der Waals surface area (Å²) < 4.78 is 0. The lowest BCUT2D eigenvalue weighted by atomic mass is 10.1. The van der Waals surface area contributed by atoms with Gasteiger partial charge < -0.3 is 15.2 Å². The number of fused-ring (bicyclic) bond motifs is 1. The van der Waals surface area contributed by atoms with Crippen LogP contribution in [0.5, 0.6) is 0 Å². The van der Waals surface area contributed by atoms with Crippen molar-refractivity contribution in [3.05, 3.63) is 57.9 Å². The highest BCUT2D eigenvalue weighted by Crippen LogP contribution is 2.24. The van der Waals surface area contributed by atoms with E-state index in [1.807, 2.05) is 23.7 Å². The molecule has 1 fully saturated rings. The van der Waals surface area contributed by atoms with Crippen LogP contribution in [0.4, 0.5) is 0 Å². The Morgan fingerprint density at radius 1 is 1.25 bits per heavy atom. The summed E-state index contributed by atoms with van der Waals surface area (Å²) in [6.45, 7) is 3.37. The molecule has 4 rings (SSSR count). The molecule has 5 nitrogen and oxygen atoms in total. The molecule has 0 spiro atoms. The van der Waals surface area contributed by atoms with Crippen molar-refractivity contribution in [2.24, 2.45) is 0 Å². The van der Waals surface area contributed by atoms with E-state index in [1.54, 1.807) is 4.90 Å². The van der Waals surface area contributed by atoms with Crippen LogP contribution in [0.1, 0.15) is 40.6 Å². The van der Waals surface area contributed by atoms with E-state index < -0.39 is 0 Å². The van der Waals surface area contributed by atoms with Crippen LogP contribution in [0.2, 0.25) is 0 Å². The molecule has 0 saturated carbocycles. The third-order valence-electron chi connectivity index (χ3n) is 5.51. The van der Waals surface area contributed by atoms with Crippen LogP contribution in [0, 0.1) is 0 Å². The summed E-state index contributed by atoms with van der Waals surface area (Å²) in [6, 6.07) is 9.69. The number of para-hydroxylation sites is 1. The Morgan fingerprint density at radius 2 is 2.14 bits per heavy atom. The maximum absolute atomic E-state index is 12.7. The zero-order chi connectivity index (χ0) is 19.5. The third-order valence-corrected chi connectivity index (χ3v) is 6.37. The highest BCUT2D eigenvalue weighted by atomic mass is 32.1. The number of hydrogen-bond acceptors (Lipinski definition) is 3. The molecule has 28 heavy (non-hydrogen) atoms. The number of aromatic amines is 1. The van der Waals surface area contributed by atoms with Gasteiger partial charge in [-0.3, -0.25) is 9.59 Å². The van der Waals surface area contributed by atoms with Crippen molar-refractivity contribution in [3.8, 4) is 0 Å². The number of H-pyrrole nitrogens is 1. The first-order valence-electron chi connectivity index (χ1n) is 9.89. The molecule has 6 heteroatoms. The highest BCUT2D eigenvalue weighted by Gasteiger charge is 2.34. The van der Waals surface area contributed by atoms with Crippen molar-refractivity contribution in [2.45, 2.75) is 38.6 Å². The van der Waals surface area contributed by atoms with Gasteiger partial charge in [0.1, 0.15) is 6.04 Å². The van der Waals surface area contributed by atoms with E-state index in [9.17, 15) is 9.59 Å². The van der Waals surface area contributed by atoms with Gasteiger partial charge in [0.15, 0.2) is 0 Å². The monoisotopic (exact) mass is 395 g/mol. The number of nitrogens with one attached hydrogen (secondary N) is 2. The molecule has 2 amide bonds. The van der Waals surface area contributed by atoms with Gasteiger partial charge in [0.05, 0.1) is 4.88 Å². The van der Waals surface area contributed by atoms with E-state index in [0.717, 1.165) is 25.7 Å². The van der Waals surface area contributed by atoms with Gasteiger partial charge in [-0.15, -0.1) is 11.3 Å². The maximum atomic E-state index is 12.7. The molecule has 1 aliphatic heterocycles. The van der Waals surface area contributed by atoms with Crippen molar-refractivity contribution >= 4 is 34.1 Å². The minimum Gasteiger partial charge on any atom is -0.361 e. The molecule has 1 atom stereocenters. The van der Waals surface area contributed by atoms with Gasteiger partial charge in [-0.1, -0.05) is 31.2 Å². The fourth-order valence-electron chi connectivity index (χ4n) is 4.04. The number of hydrogen-bond donors (Lipinski definition) is 2. The van der Waals surface area contributed by atoms with Crippen LogP contribution in [-0.4, -0.2) is 40.8 Å². The summed E-state index contributed by atoms with van der Waals surface area (Å²) in [5, 5.41) is 6.16. The normalized spacial score (nSPS) is 16.6. The average molecular weight is 396 g/mol. The zero-order valence-electron chi connectivity index (χ0n) is 16.0. The van der Waals surface area contributed by atoms with E-state index in [-0.39, 0.29) is 17.9 Å². The molecular weight excluding hydrogens is 370 g/mol. The number of carbonyl (C=O) groups excluding carboxylic acids is 2. The van der Waals surface area contributed by atoms with Gasteiger partial charge in [-0.2, -0.15) is 0 Å². The van der Waals surface area contributed by atoms with E-state index in [4.69, 9.17) is 0 Å². The fraction of sp³-hybridized carbons (Fsp3) is 0.364. The molecule has 3 heterocycles. The molecule has 0 aliphatic carbocycles. The number of amides is 2. The van der Waals surface area contributed by atoms with Gasteiger partial charge in [-0.05, 0) is 48.3 Å². The summed E-state index contributed by atoms with van der Waals surface area (Å²) in [6.07, 6.45) is 5.40. The van der Waals surface area contributed by atoms with Crippen molar-refractivity contribution in [1.29, 1.82) is 0 Å². The standard InChI is InChI=1S/C22H25N3O2S/c1-2-15-6-3-7-17-16(14-24-20(15)17)10-11-23-21(26)18-8-4-12-25(18)22(27)19-9-5-13-28-19/h3,5-7,9,13-14,18,24H,2,4,8,10-12H2,1H3,(H,23,26)/t18-/m0/s1. The fourth-order valence-corrected chi connectivity index (χ4v) is 4.72. The lowest BCUT2D eigenvalue weighted by Crippen LogP contribution is -2.46. The van der Waals surface area contributed by atoms with Crippen molar-refractivity contribution < 1.29 is 9.59 Å². The highest BCUT2D eigenvalue weighted by molar-refractivity contribution is 7.12. The Kier molecular flexibility index (Phi) is 5.48. The molecular formula is C22H25N3O2S. The predicted molar refractivity (Wildman–Crippen MR) is 113 cm³/mol. The number of thiophene rings is 1. The third kappa shape index (κ3) is 3.56. The number of benzene rings is 1. The Balaban J connectivity index is 1.37. The Morgan fingerprint density at radius 3 is 2.93 bits per heavy atom. The number of aromatic nitrogens is 1. The molecule has 0 unspecified atom stereocenters. The average Bonchev–Trinajstić information content (AvgIpc) is 3.47. The summed E-state index contributed by atoms with van der Waals surface area (Å²) >= 11 is 1.43. The summed E-state index contributed by atoms with van der Waals surface area (Å²) in [7, 11) is 0. The van der Waals surface area contributed by atoms with E-state index in [2.05, 4.69) is 35.4 Å². The molecule has 2 aromatic heterocycles. The Bertz CT molecular complexity index is 977.